The number of aromatic nitrogens is 3. The standard InChI is InChI=1S/C38H39F3N6O4S/c1-3-45-15-17-46(18-16-45)24-26-9-10-29(22-33(26)38(39,40)41)44-37(48)28-19-25(2)35-27(20-28)21-30(23-43-35)51-34-11-13-42-36-32(34)12-14-47(36)52(49,50)31-7-5-4-6-8-31/h4-14,21-23,25,28H,3,15-20,24H2,1-2H3,(H,44,48). The molecule has 1 aliphatic heterocycles. The van der Waals surface area contributed by atoms with Crippen LogP contribution in [0.3, 0.4) is 0 Å². The smallest absolute Gasteiger partial charge is 0.416 e. The summed E-state index contributed by atoms with van der Waals surface area (Å²) in [6.45, 7) is 8.19. The predicted octanol–water partition coefficient (Wildman–Crippen LogP) is 6.92. The summed E-state index contributed by atoms with van der Waals surface area (Å²) >= 11 is 0. The number of ether oxygens (including phenoxy) is 1. The van der Waals surface area contributed by atoms with Crippen LogP contribution < -0.4 is 10.1 Å². The van der Waals surface area contributed by atoms with Crippen LogP contribution in [0, 0.1) is 5.92 Å². The molecule has 2 atom stereocenters. The average Bonchev–Trinajstić information content (AvgIpc) is 3.59. The Bertz CT molecular complexity index is 2200. The zero-order valence-corrected chi connectivity index (χ0v) is 29.6. The van der Waals surface area contributed by atoms with Crippen molar-refractivity contribution < 1.29 is 31.1 Å². The number of nitrogens with zero attached hydrogens (tertiary/aromatic N) is 5. The molecule has 0 spiro atoms. The van der Waals surface area contributed by atoms with E-state index in [1.807, 2.05) is 11.8 Å². The number of carbonyl (C=O) groups is 1. The second kappa shape index (κ2) is 14.3. The lowest BCUT2D eigenvalue weighted by atomic mass is 9.80. The molecule has 10 nitrogen and oxygen atoms in total. The number of hydrogen-bond donors (Lipinski definition) is 1. The van der Waals surface area contributed by atoms with Gasteiger partial charge in [-0.2, -0.15) is 13.2 Å². The zero-order valence-electron chi connectivity index (χ0n) is 28.8. The maximum Gasteiger partial charge on any atom is 0.416 e. The van der Waals surface area contributed by atoms with Crippen LogP contribution in [0.4, 0.5) is 18.9 Å². The van der Waals surface area contributed by atoms with Gasteiger partial charge in [0, 0.05) is 62.4 Å². The van der Waals surface area contributed by atoms with Crippen molar-refractivity contribution in [2.24, 2.45) is 5.92 Å². The highest BCUT2D eigenvalue weighted by molar-refractivity contribution is 7.90. The lowest BCUT2D eigenvalue weighted by Gasteiger charge is -2.34. The molecule has 14 heteroatoms. The normalized spacial score (nSPS) is 18.6. The molecule has 4 heterocycles. The molecule has 3 aromatic heterocycles. The van der Waals surface area contributed by atoms with E-state index in [2.05, 4.69) is 27.1 Å². The first-order chi connectivity index (χ1) is 24.9. The fourth-order valence-electron chi connectivity index (χ4n) is 7.16. The van der Waals surface area contributed by atoms with Crippen LogP contribution in [0.15, 0.2) is 90.2 Å². The van der Waals surface area contributed by atoms with Crippen molar-refractivity contribution in [1.82, 2.24) is 23.7 Å². The average molecular weight is 733 g/mol. The number of carbonyl (C=O) groups excluding carboxylic acids is 1. The highest BCUT2D eigenvalue weighted by Gasteiger charge is 2.35. The van der Waals surface area contributed by atoms with Gasteiger partial charge in [0.15, 0.2) is 5.65 Å². The summed E-state index contributed by atoms with van der Waals surface area (Å²) in [7, 11) is -3.90. The number of hydrogen-bond acceptors (Lipinski definition) is 8. The summed E-state index contributed by atoms with van der Waals surface area (Å²) in [5.74, 6) is -0.191. The molecular formula is C38H39F3N6O4S. The zero-order chi connectivity index (χ0) is 36.6. The third-order valence-electron chi connectivity index (χ3n) is 9.95. The predicted molar refractivity (Wildman–Crippen MR) is 191 cm³/mol. The molecule has 52 heavy (non-hydrogen) atoms. The van der Waals surface area contributed by atoms with E-state index >= 15 is 0 Å². The number of nitrogens with one attached hydrogen (secondary N) is 1. The van der Waals surface area contributed by atoms with E-state index in [1.165, 1.54) is 30.6 Å². The maximum atomic E-state index is 14.2. The van der Waals surface area contributed by atoms with Gasteiger partial charge in [-0.1, -0.05) is 38.1 Å². The number of anilines is 1. The van der Waals surface area contributed by atoms with Gasteiger partial charge in [-0.3, -0.25) is 14.7 Å². The van der Waals surface area contributed by atoms with Crippen molar-refractivity contribution in [3.05, 3.63) is 108 Å². The Hall–Kier alpha value is -4.79. The van der Waals surface area contributed by atoms with Crippen LogP contribution in [0.1, 0.15) is 48.6 Å². The number of piperazine rings is 1. The summed E-state index contributed by atoms with van der Waals surface area (Å²) < 4.78 is 76.6. The number of rotatable bonds is 9. The highest BCUT2D eigenvalue weighted by Crippen LogP contribution is 2.39. The monoisotopic (exact) mass is 732 g/mol. The fourth-order valence-corrected chi connectivity index (χ4v) is 8.48. The minimum Gasteiger partial charge on any atom is -0.455 e. The van der Waals surface area contributed by atoms with Gasteiger partial charge in [0.2, 0.25) is 5.91 Å². The SMILES string of the molecule is CCN1CCN(Cc2ccc(NC(=O)C3Cc4cc(Oc5ccnc6c5ccn6S(=O)(=O)c5ccccc5)cnc4C(C)C3)cc2C(F)(F)F)CC1. The molecule has 0 bridgehead atoms. The summed E-state index contributed by atoms with van der Waals surface area (Å²) in [4.78, 5) is 26.9. The van der Waals surface area contributed by atoms with Gasteiger partial charge >= 0.3 is 6.18 Å². The van der Waals surface area contributed by atoms with E-state index in [1.54, 1.807) is 48.7 Å². The number of alkyl halides is 3. The largest absolute Gasteiger partial charge is 0.455 e. The van der Waals surface area contributed by atoms with E-state index in [0.717, 1.165) is 40.9 Å². The second-order valence-electron chi connectivity index (χ2n) is 13.4. The Morgan fingerprint density at radius 3 is 2.46 bits per heavy atom. The molecule has 1 saturated heterocycles. The van der Waals surface area contributed by atoms with E-state index < -0.39 is 27.7 Å². The quantitative estimate of drug-likeness (QED) is 0.174. The van der Waals surface area contributed by atoms with Gasteiger partial charge in [0.05, 0.1) is 22.0 Å². The molecule has 1 N–H and O–H groups in total. The van der Waals surface area contributed by atoms with Crippen LogP contribution >= 0.6 is 0 Å². The van der Waals surface area contributed by atoms with Crippen LogP contribution in [-0.4, -0.2) is 70.8 Å². The number of halogens is 3. The van der Waals surface area contributed by atoms with Gasteiger partial charge in [0.1, 0.15) is 11.5 Å². The van der Waals surface area contributed by atoms with Crippen molar-refractivity contribution in [1.29, 1.82) is 0 Å². The van der Waals surface area contributed by atoms with Crippen molar-refractivity contribution in [2.75, 3.05) is 38.0 Å². The molecule has 1 fully saturated rings. The molecule has 272 valence electrons. The lowest BCUT2D eigenvalue weighted by Crippen LogP contribution is -2.45. The Morgan fingerprint density at radius 1 is 0.981 bits per heavy atom. The first kappa shape index (κ1) is 35.6. The summed E-state index contributed by atoms with van der Waals surface area (Å²) in [5, 5.41) is 3.23. The minimum atomic E-state index is -4.57. The third-order valence-corrected chi connectivity index (χ3v) is 11.6. The summed E-state index contributed by atoms with van der Waals surface area (Å²) in [6, 6.07) is 17.2. The van der Waals surface area contributed by atoms with Gasteiger partial charge in [-0.15, -0.1) is 0 Å². The lowest BCUT2D eigenvalue weighted by molar-refractivity contribution is -0.138. The van der Waals surface area contributed by atoms with E-state index in [9.17, 15) is 26.4 Å². The highest BCUT2D eigenvalue weighted by atomic mass is 32.2. The van der Waals surface area contributed by atoms with E-state index in [4.69, 9.17) is 4.74 Å². The summed E-state index contributed by atoms with van der Waals surface area (Å²) in [6.07, 6.45) is 0.718. The molecule has 2 aromatic carbocycles. The van der Waals surface area contributed by atoms with Crippen molar-refractivity contribution in [3.8, 4) is 11.5 Å². The number of fused-ring (bicyclic) bond motifs is 2. The van der Waals surface area contributed by atoms with E-state index in [0.29, 0.717) is 42.8 Å². The molecule has 1 amide bonds. The van der Waals surface area contributed by atoms with Gasteiger partial charge < -0.3 is 15.0 Å². The third kappa shape index (κ3) is 7.28. The first-order valence-corrected chi connectivity index (χ1v) is 18.7. The van der Waals surface area contributed by atoms with Crippen LogP contribution in [0.25, 0.3) is 11.0 Å². The second-order valence-corrected chi connectivity index (χ2v) is 15.2. The van der Waals surface area contributed by atoms with Gasteiger partial charge in [-0.05, 0) is 78.9 Å². The molecule has 1 aliphatic carbocycles. The van der Waals surface area contributed by atoms with Gasteiger partial charge in [0.25, 0.3) is 10.0 Å². The fraction of sp³-hybridized carbons (Fsp3) is 0.342. The van der Waals surface area contributed by atoms with Crippen molar-refractivity contribution >= 4 is 32.7 Å². The van der Waals surface area contributed by atoms with Crippen molar-refractivity contribution in [3.63, 3.8) is 0 Å². The summed E-state index contributed by atoms with van der Waals surface area (Å²) in [5.41, 5.74) is 1.37. The Kier molecular flexibility index (Phi) is 9.81. The Balaban J connectivity index is 1.07. The molecule has 7 rings (SSSR count). The molecule has 0 radical (unpaired) electrons. The van der Waals surface area contributed by atoms with Crippen molar-refractivity contribution in [2.45, 2.75) is 50.2 Å². The molecule has 2 unspecified atom stereocenters. The Morgan fingerprint density at radius 2 is 1.73 bits per heavy atom. The van der Waals surface area contributed by atoms with Crippen LogP contribution in [0.5, 0.6) is 11.5 Å². The number of benzene rings is 2. The number of amides is 1. The van der Waals surface area contributed by atoms with Gasteiger partial charge in [-0.25, -0.2) is 17.4 Å². The van der Waals surface area contributed by atoms with Crippen LogP contribution in [0.2, 0.25) is 0 Å². The molecular weight excluding hydrogens is 694 g/mol. The van der Waals surface area contributed by atoms with Crippen LogP contribution in [-0.2, 0) is 34.0 Å². The molecule has 0 saturated carbocycles. The minimum absolute atomic E-state index is 0.0836. The number of likely N-dealkylation sites (N-methyl/N-ethyl adjacent to an activating group) is 1. The number of pyridine rings is 2. The first-order valence-electron chi connectivity index (χ1n) is 17.3. The molecule has 5 aromatic rings. The van der Waals surface area contributed by atoms with E-state index in [-0.39, 0.29) is 40.2 Å². The Labute approximate surface area is 300 Å². The topological polar surface area (TPSA) is 110 Å². The molecule has 2 aliphatic rings. The maximum absolute atomic E-state index is 14.2.